The molecule has 0 aliphatic rings. The summed E-state index contributed by atoms with van der Waals surface area (Å²) in [5.41, 5.74) is 16.1. The maximum Gasteiger partial charge on any atom is 0.220 e. The van der Waals surface area contributed by atoms with E-state index in [-0.39, 0.29) is 37.7 Å². The minimum atomic E-state index is -0.146. The molecule has 0 aliphatic carbocycles. The second-order valence-corrected chi connectivity index (χ2v) is 4.69. The molecule has 0 bridgehead atoms. The van der Waals surface area contributed by atoms with Crippen molar-refractivity contribution in [2.75, 3.05) is 52.6 Å². The van der Waals surface area contributed by atoms with Crippen LogP contribution in [0.5, 0.6) is 0 Å². The molecule has 0 spiro atoms. The highest BCUT2D eigenvalue weighted by atomic mass is 16.5. The van der Waals surface area contributed by atoms with Crippen LogP contribution in [0.4, 0.5) is 0 Å². The topological polar surface area (TPSA) is 174 Å². The number of rotatable bonds is 16. The Morgan fingerprint density at radius 2 is 1.24 bits per heavy atom. The van der Waals surface area contributed by atoms with Crippen molar-refractivity contribution in [1.29, 1.82) is 0 Å². The highest BCUT2D eigenvalue weighted by Crippen LogP contribution is 1.95. The average Bonchev–Trinajstić information content (AvgIpc) is 2.60. The van der Waals surface area contributed by atoms with Crippen LogP contribution in [-0.4, -0.2) is 64.4 Å². The first-order chi connectivity index (χ1) is 12.2. The lowest BCUT2D eigenvalue weighted by Crippen LogP contribution is -2.29. The first kappa shape index (κ1) is 22.5. The Labute approximate surface area is 145 Å². The first-order valence-electron chi connectivity index (χ1n) is 7.91. The molecule has 12 heteroatoms. The molecule has 0 saturated carbocycles. The number of hydrogen-bond acceptors (Lipinski definition) is 6. The molecule has 2 N–H and O–H groups in total. The number of ether oxygens (including phenoxy) is 2. The van der Waals surface area contributed by atoms with Crippen LogP contribution in [0.25, 0.3) is 20.9 Å². The summed E-state index contributed by atoms with van der Waals surface area (Å²) in [6.45, 7) is 2.57. The van der Waals surface area contributed by atoms with Crippen LogP contribution >= 0.6 is 0 Å². The van der Waals surface area contributed by atoms with Crippen molar-refractivity contribution >= 4 is 11.8 Å². The molecule has 0 rings (SSSR count). The number of carbonyl (C=O) groups excluding carboxylic acids is 2. The third-order valence-corrected chi connectivity index (χ3v) is 2.74. The number of nitrogens with one attached hydrogen (secondary N) is 2. The van der Waals surface area contributed by atoms with Gasteiger partial charge >= 0.3 is 0 Å². The average molecular weight is 356 g/mol. The number of azide groups is 2. The number of nitrogens with zero attached hydrogens (tertiary/aromatic N) is 6. The Balaban J connectivity index is 3.40. The highest BCUT2D eigenvalue weighted by Gasteiger charge is 2.04. The van der Waals surface area contributed by atoms with Crippen LogP contribution in [0.1, 0.15) is 19.3 Å². The molecule has 0 saturated heterocycles. The van der Waals surface area contributed by atoms with Crippen LogP contribution < -0.4 is 10.6 Å². The zero-order valence-corrected chi connectivity index (χ0v) is 14.1. The van der Waals surface area contributed by atoms with Crippen molar-refractivity contribution in [1.82, 2.24) is 10.6 Å². The molecular weight excluding hydrogens is 332 g/mol. The van der Waals surface area contributed by atoms with E-state index in [1.54, 1.807) is 0 Å². The van der Waals surface area contributed by atoms with Crippen molar-refractivity contribution in [2.45, 2.75) is 19.3 Å². The summed E-state index contributed by atoms with van der Waals surface area (Å²) in [5.74, 6) is -0.291. The van der Waals surface area contributed by atoms with Crippen LogP contribution in [0, 0.1) is 0 Å². The van der Waals surface area contributed by atoms with Gasteiger partial charge in [0.05, 0.1) is 26.4 Å². The largest absolute Gasteiger partial charge is 0.379 e. The van der Waals surface area contributed by atoms with Gasteiger partial charge in [0.2, 0.25) is 11.8 Å². The molecular formula is C13H24N8O4. The summed E-state index contributed by atoms with van der Waals surface area (Å²) in [6, 6.07) is 0. The van der Waals surface area contributed by atoms with Gasteiger partial charge in [-0.05, 0) is 17.5 Å². The van der Waals surface area contributed by atoms with Gasteiger partial charge in [0.25, 0.3) is 0 Å². The molecule has 0 unspecified atom stereocenters. The van der Waals surface area contributed by atoms with E-state index in [1.807, 2.05) is 0 Å². The molecule has 0 aliphatic heterocycles. The molecule has 0 aromatic carbocycles. The second-order valence-electron chi connectivity index (χ2n) is 4.69. The first-order valence-corrected chi connectivity index (χ1v) is 7.91. The lowest BCUT2D eigenvalue weighted by atomic mass is 10.2. The summed E-state index contributed by atoms with van der Waals surface area (Å²) in [7, 11) is 0. The van der Waals surface area contributed by atoms with Crippen LogP contribution in [0.2, 0.25) is 0 Å². The van der Waals surface area contributed by atoms with Crippen LogP contribution in [-0.2, 0) is 19.1 Å². The van der Waals surface area contributed by atoms with E-state index in [9.17, 15) is 9.59 Å². The fourth-order valence-corrected chi connectivity index (χ4v) is 1.62. The van der Waals surface area contributed by atoms with E-state index < -0.39 is 0 Å². The van der Waals surface area contributed by atoms with Crippen LogP contribution in [0.3, 0.4) is 0 Å². The molecule has 0 atom stereocenters. The smallest absolute Gasteiger partial charge is 0.220 e. The monoisotopic (exact) mass is 356 g/mol. The fourth-order valence-electron chi connectivity index (χ4n) is 1.62. The zero-order chi connectivity index (χ0) is 18.6. The van der Waals surface area contributed by atoms with Gasteiger partial charge in [-0.1, -0.05) is 10.2 Å². The lowest BCUT2D eigenvalue weighted by molar-refractivity contribution is -0.122. The highest BCUT2D eigenvalue weighted by molar-refractivity contribution is 5.78. The van der Waals surface area contributed by atoms with E-state index >= 15 is 0 Å². The second kappa shape index (κ2) is 17.8. The number of amides is 2. The predicted octanol–water partition coefficient (Wildman–Crippen LogP) is 1.04. The fraction of sp³-hybridized carbons (Fsp3) is 0.846. The summed E-state index contributed by atoms with van der Waals surface area (Å²) in [4.78, 5) is 28.2. The van der Waals surface area contributed by atoms with Crippen molar-refractivity contribution in [2.24, 2.45) is 10.2 Å². The Morgan fingerprint density at radius 3 is 1.64 bits per heavy atom. The van der Waals surface area contributed by atoms with Crippen molar-refractivity contribution in [3.63, 3.8) is 0 Å². The van der Waals surface area contributed by atoms with Gasteiger partial charge in [-0.15, -0.1) is 0 Å². The van der Waals surface area contributed by atoms with Crippen LogP contribution in [0.15, 0.2) is 10.2 Å². The maximum atomic E-state index is 11.5. The Morgan fingerprint density at radius 1 is 0.800 bits per heavy atom. The molecule has 0 heterocycles. The minimum Gasteiger partial charge on any atom is -0.379 e. The summed E-state index contributed by atoms with van der Waals surface area (Å²) in [6.07, 6.45) is 0.969. The van der Waals surface area contributed by atoms with Gasteiger partial charge in [-0.3, -0.25) is 9.59 Å². The van der Waals surface area contributed by atoms with Gasteiger partial charge in [0, 0.05) is 48.8 Å². The molecule has 12 nitrogen and oxygen atoms in total. The van der Waals surface area contributed by atoms with Gasteiger partial charge < -0.3 is 20.1 Å². The molecule has 0 aromatic rings. The standard InChI is InChI=1S/C13H24N8O4/c14-20-18-6-10-24-8-4-16-12(22)2-1-3-13(23)17-5-9-25-11-7-19-21-15/h1-11H2,(H,16,22)(H,17,23). The third-order valence-electron chi connectivity index (χ3n) is 2.74. The van der Waals surface area contributed by atoms with Gasteiger partial charge in [0.1, 0.15) is 0 Å². The van der Waals surface area contributed by atoms with Crippen molar-refractivity contribution in [3.8, 4) is 0 Å². The SMILES string of the molecule is [N-]=[N+]=NCCOCCNC(=O)CCCC(=O)NCCOCCN=[N+]=[N-]. The molecule has 140 valence electrons. The predicted molar refractivity (Wildman–Crippen MR) is 89.5 cm³/mol. The van der Waals surface area contributed by atoms with Gasteiger partial charge in [-0.25, -0.2) is 0 Å². The van der Waals surface area contributed by atoms with E-state index in [4.69, 9.17) is 20.5 Å². The summed E-state index contributed by atoms with van der Waals surface area (Å²) in [5, 5.41) is 12.0. The third kappa shape index (κ3) is 17.7. The van der Waals surface area contributed by atoms with E-state index in [0.717, 1.165) is 0 Å². The summed E-state index contributed by atoms with van der Waals surface area (Å²) >= 11 is 0. The molecule has 0 fully saturated rings. The van der Waals surface area contributed by atoms with Crippen molar-refractivity contribution in [3.05, 3.63) is 20.9 Å². The normalized spacial score (nSPS) is 9.60. The van der Waals surface area contributed by atoms with E-state index in [1.165, 1.54) is 0 Å². The lowest BCUT2D eigenvalue weighted by Gasteiger charge is -2.07. The number of carbonyl (C=O) groups is 2. The Hall–Kier alpha value is -2.52. The molecule has 0 radical (unpaired) electrons. The van der Waals surface area contributed by atoms with Crippen molar-refractivity contribution < 1.29 is 19.1 Å². The summed E-state index contributed by atoms with van der Waals surface area (Å²) < 4.78 is 10.3. The van der Waals surface area contributed by atoms with Gasteiger partial charge in [0.15, 0.2) is 0 Å². The zero-order valence-electron chi connectivity index (χ0n) is 14.1. The molecule has 25 heavy (non-hydrogen) atoms. The van der Waals surface area contributed by atoms with E-state index in [2.05, 4.69) is 30.7 Å². The molecule has 2 amide bonds. The Kier molecular flexibility index (Phi) is 16.0. The maximum absolute atomic E-state index is 11.5. The van der Waals surface area contributed by atoms with Gasteiger partial charge in [-0.2, -0.15) is 0 Å². The minimum absolute atomic E-state index is 0.146. The molecule has 0 aromatic heterocycles. The Bertz CT molecular complexity index is 433. The van der Waals surface area contributed by atoms with E-state index in [0.29, 0.717) is 45.9 Å². The number of hydrogen-bond donors (Lipinski definition) is 2. The quantitative estimate of drug-likeness (QED) is 0.182.